The van der Waals surface area contributed by atoms with Gasteiger partial charge in [0.05, 0.1) is 12.5 Å². The molecule has 1 aromatic heterocycles. The van der Waals surface area contributed by atoms with Crippen LogP contribution in [0.5, 0.6) is 0 Å². The summed E-state index contributed by atoms with van der Waals surface area (Å²) in [6.07, 6.45) is 2.52. The zero-order valence-corrected chi connectivity index (χ0v) is 15.9. The number of piperidine rings is 1. The lowest BCUT2D eigenvalue weighted by Gasteiger charge is -2.33. The van der Waals surface area contributed by atoms with Gasteiger partial charge >= 0.3 is 0 Å². The van der Waals surface area contributed by atoms with Crippen LogP contribution in [0.1, 0.15) is 53.0 Å². The summed E-state index contributed by atoms with van der Waals surface area (Å²) in [5.41, 5.74) is 1.83. The van der Waals surface area contributed by atoms with Gasteiger partial charge in [0.15, 0.2) is 0 Å². The van der Waals surface area contributed by atoms with E-state index in [0.29, 0.717) is 18.9 Å². The highest BCUT2D eigenvalue weighted by atomic mass is 32.1. The molecule has 1 saturated heterocycles. The Balaban J connectivity index is 1.55. The van der Waals surface area contributed by atoms with Gasteiger partial charge in [-0.3, -0.25) is 9.59 Å². The highest BCUT2D eigenvalue weighted by Gasteiger charge is 2.36. The van der Waals surface area contributed by atoms with E-state index in [9.17, 15) is 9.59 Å². The summed E-state index contributed by atoms with van der Waals surface area (Å²) in [4.78, 5) is 30.8. The summed E-state index contributed by atoms with van der Waals surface area (Å²) in [7, 11) is 0. The molecule has 1 aromatic carbocycles. The first-order valence-electron chi connectivity index (χ1n) is 9.33. The standard InChI is InChI=1S/C21H24N2O2S/c1-15-8-10-22(11-9-15)20(24)13-18(19-7-4-12-26-19)23-14-16-5-2-3-6-17(16)21(23)25/h2-7,12,15,18H,8-11,13-14H2,1H3/t18-/m1/s1. The van der Waals surface area contributed by atoms with Gasteiger partial charge in [0, 0.05) is 30.1 Å². The Morgan fingerprint density at radius 1 is 1.19 bits per heavy atom. The van der Waals surface area contributed by atoms with Crippen molar-refractivity contribution in [2.45, 2.75) is 38.8 Å². The lowest BCUT2D eigenvalue weighted by atomic mass is 9.98. The van der Waals surface area contributed by atoms with Crippen LogP contribution in [0, 0.1) is 5.92 Å². The lowest BCUT2D eigenvalue weighted by molar-refractivity contribution is -0.133. The van der Waals surface area contributed by atoms with Crippen molar-refractivity contribution in [1.82, 2.24) is 9.80 Å². The number of carbonyl (C=O) groups is 2. The molecule has 26 heavy (non-hydrogen) atoms. The number of hydrogen-bond donors (Lipinski definition) is 0. The average molecular weight is 369 g/mol. The van der Waals surface area contributed by atoms with E-state index in [1.54, 1.807) is 11.3 Å². The van der Waals surface area contributed by atoms with Crippen molar-refractivity contribution < 1.29 is 9.59 Å². The molecule has 136 valence electrons. The second kappa shape index (κ2) is 7.23. The summed E-state index contributed by atoms with van der Waals surface area (Å²) in [5.74, 6) is 0.903. The molecule has 0 spiro atoms. The molecule has 1 fully saturated rings. The Hall–Kier alpha value is -2.14. The molecule has 2 aliphatic rings. The minimum atomic E-state index is -0.179. The molecule has 4 rings (SSSR count). The number of benzene rings is 1. The smallest absolute Gasteiger partial charge is 0.255 e. The summed E-state index contributed by atoms with van der Waals surface area (Å²) in [6.45, 7) is 4.51. The Kier molecular flexibility index (Phi) is 4.81. The maximum atomic E-state index is 12.9. The number of hydrogen-bond acceptors (Lipinski definition) is 3. The summed E-state index contributed by atoms with van der Waals surface area (Å²) in [5, 5.41) is 2.02. The van der Waals surface area contributed by atoms with Gasteiger partial charge in [-0.05, 0) is 41.8 Å². The lowest BCUT2D eigenvalue weighted by Crippen LogP contribution is -2.40. The number of carbonyl (C=O) groups excluding carboxylic acids is 2. The van der Waals surface area contributed by atoms with Crippen molar-refractivity contribution >= 4 is 23.2 Å². The molecule has 0 unspecified atom stereocenters. The van der Waals surface area contributed by atoms with E-state index in [2.05, 4.69) is 6.92 Å². The van der Waals surface area contributed by atoms with Crippen LogP contribution in [0.15, 0.2) is 41.8 Å². The molecule has 1 atom stereocenters. The zero-order valence-electron chi connectivity index (χ0n) is 15.1. The number of amides is 2. The molecule has 0 N–H and O–H groups in total. The Morgan fingerprint density at radius 2 is 1.96 bits per heavy atom. The third-order valence-corrected chi connectivity index (χ3v) is 6.58. The number of rotatable bonds is 4. The quantitative estimate of drug-likeness (QED) is 0.815. The molecule has 0 saturated carbocycles. The average Bonchev–Trinajstić information content (AvgIpc) is 3.29. The van der Waals surface area contributed by atoms with E-state index < -0.39 is 0 Å². The predicted molar refractivity (Wildman–Crippen MR) is 103 cm³/mol. The van der Waals surface area contributed by atoms with Crippen LogP contribution in [0.3, 0.4) is 0 Å². The van der Waals surface area contributed by atoms with Crippen molar-refractivity contribution in [2.24, 2.45) is 5.92 Å². The van der Waals surface area contributed by atoms with Crippen LogP contribution in [0.2, 0.25) is 0 Å². The van der Waals surface area contributed by atoms with Gasteiger partial charge in [-0.2, -0.15) is 0 Å². The fraction of sp³-hybridized carbons (Fsp3) is 0.429. The van der Waals surface area contributed by atoms with Crippen LogP contribution in [-0.2, 0) is 11.3 Å². The van der Waals surface area contributed by atoms with Crippen molar-refractivity contribution in [1.29, 1.82) is 0 Å². The Labute approximate surface area is 158 Å². The highest BCUT2D eigenvalue weighted by molar-refractivity contribution is 7.10. The van der Waals surface area contributed by atoms with Gasteiger partial charge in [-0.15, -0.1) is 11.3 Å². The molecule has 0 bridgehead atoms. The fourth-order valence-corrected chi connectivity index (χ4v) is 4.77. The van der Waals surface area contributed by atoms with Crippen LogP contribution in [0.4, 0.5) is 0 Å². The molecule has 5 heteroatoms. The van der Waals surface area contributed by atoms with E-state index in [0.717, 1.165) is 41.9 Å². The highest BCUT2D eigenvalue weighted by Crippen LogP contribution is 2.36. The van der Waals surface area contributed by atoms with Gasteiger partial charge in [-0.25, -0.2) is 0 Å². The van der Waals surface area contributed by atoms with Gasteiger partial charge in [-0.1, -0.05) is 31.2 Å². The SMILES string of the molecule is CC1CCN(C(=O)C[C@H](c2cccs2)N2Cc3ccccc3C2=O)CC1. The molecular weight excluding hydrogens is 344 g/mol. The second-order valence-corrected chi connectivity index (χ2v) is 8.37. The summed E-state index contributed by atoms with van der Waals surface area (Å²) < 4.78 is 0. The van der Waals surface area contributed by atoms with Gasteiger partial charge < -0.3 is 9.80 Å². The van der Waals surface area contributed by atoms with Gasteiger partial charge in [0.1, 0.15) is 0 Å². The van der Waals surface area contributed by atoms with Crippen LogP contribution in [0.25, 0.3) is 0 Å². The molecule has 2 aromatic rings. The third kappa shape index (κ3) is 3.28. The van der Waals surface area contributed by atoms with Crippen LogP contribution in [-0.4, -0.2) is 34.7 Å². The van der Waals surface area contributed by atoms with Gasteiger partial charge in [0.25, 0.3) is 5.91 Å². The molecule has 2 amide bonds. The molecule has 2 aliphatic heterocycles. The van der Waals surface area contributed by atoms with Crippen LogP contribution < -0.4 is 0 Å². The van der Waals surface area contributed by atoms with E-state index >= 15 is 0 Å². The normalized spacial score (nSPS) is 18.9. The molecule has 4 nitrogen and oxygen atoms in total. The van der Waals surface area contributed by atoms with Crippen LogP contribution >= 0.6 is 11.3 Å². The number of nitrogens with zero attached hydrogens (tertiary/aromatic N) is 2. The maximum Gasteiger partial charge on any atom is 0.255 e. The first-order valence-corrected chi connectivity index (χ1v) is 10.2. The third-order valence-electron chi connectivity index (χ3n) is 5.60. The first kappa shape index (κ1) is 17.3. The number of fused-ring (bicyclic) bond motifs is 1. The monoisotopic (exact) mass is 368 g/mol. The first-order chi connectivity index (χ1) is 12.6. The Morgan fingerprint density at radius 3 is 2.65 bits per heavy atom. The molecule has 3 heterocycles. The molecular formula is C21H24N2O2S. The van der Waals surface area contributed by atoms with Crippen molar-refractivity contribution in [3.8, 4) is 0 Å². The van der Waals surface area contributed by atoms with Crippen molar-refractivity contribution in [3.05, 3.63) is 57.8 Å². The number of thiophene rings is 1. The van der Waals surface area contributed by atoms with E-state index in [4.69, 9.17) is 0 Å². The summed E-state index contributed by atoms with van der Waals surface area (Å²) >= 11 is 1.62. The summed E-state index contributed by atoms with van der Waals surface area (Å²) in [6, 6.07) is 11.6. The largest absolute Gasteiger partial charge is 0.343 e. The molecule has 0 radical (unpaired) electrons. The fourth-order valence-electron chi connectivity index (χ4n) is 3.93. The minimum Gasteiger partial charge on any atom is -0.343 e. The van der Waals surface area contributed by atoms with E-state index in [1.807, 2.05) is 51.6 Å². The van der Waals surface area contributed by atoms with E-state index in [1.165, 1.54) is 0 Å². The maximum absolute atomic E-state index is 12.9. The molecule has 0 aliphatic carbocycles. The zero-order chi connectivity index (χ0) is 18.1. The number of likely N-dealkylation sites (tertiary alicyclic amines) is 1. The minimum absolute atomic E-state index is 0.0408. The predicted octanol–water partition coefficient (Wildman–Crippen LogP) is 4.09. The van der Waals surface area contributed by atoms with Crippen molar-refractivity contribution in [2.75, 3.05) is 13.1 Å². The Bertz CT molecular complexity index is 794. The van der Waals surface area contributed by atoms with Gasteiger partial charge in [0.2, 0.25) is 5.91 Å². The van der Waals surface area contributed by atoms with E-state index in [-0.39, 0.29) is 17.9 Å². The topological polar surface area (TPSA) is 40.6 Å². The second-order valence-electron chi connectivity index (χ2n) is 7.39. The van der Waals surface area contributed by atoms with Crippen molar-refractivity contribution in [3.63, 3.8) is 0 Å².